The number of rotatable bonds is 5. The summed E-state index contributed by atoms with van der Waals surface area (Å²) in [5, 5.41) is 0. The highest BCUT2D eigenvalue weighted by Gasteiger charge is 2.27. The fraction of sp³-hybridized carbons (Fsp3) is 0.455. The van der Waals surface area contributed by atoms with Crippen LogP contribution in [-0.4, -0.2) is 0 Å². The van der Waals surface area contributed by atoms with Gasteiger partial charge in [0.2, 0.25) is 0 Å². The Labute approximate surface area is 201 Å². The van der Waals surface area contributed by atoms with E-state index in [1.54, 1.807) is 11.1 Å². The molecule has 33 heavy (non-hydrogen) atoms. The summed E-state index contributed by atoms with van der Waals surface area (Å²) in [5.41, 5.74) is 16.3. The summed E-state index contributed by atoms with van der Waals surface area (Å²) in [4.78, 5) is 0. The zero-order chi connectivity index (χ0) is 23.1. The minimum absolute atomic E-state index is 0.486. The third-order valence-corrected chi connectivity index (χ3v) is 9.00. The first kappa shape index (κ1) is 22.5. The Bertz CT molecular complexity index is 1120. The van der Waals surface area contributed by atoms with Crippen molar-refractivity contribution in [1.29, 1.82) is 0 Å². The quantitative estimate of drug-likeness (QED) is 0.410. The average Bonchev–Trinajstić information content (AvgIpc) is 3.38. The molecule has 0 amide bonds. The van der Waals surface area contributed by atoms with E-state index in [0.717, 1.165) is 31.6 Å². The summed E-state index contributed by atoms with van der Waals surface area (Å²) < 4.78 is 0. The van der Waals surface area contributed by atoms with E-state index < -0.39 is 0 Å². The molecule has 0 heteroatoms. The van der Waals surface area contributed by atoms with Crippen LogP contribution >= 0.6 is 0 Å². The topological polar surface area (TPSA) is 0 Å². The minimum Gasteiger partial charge on any atom is -0.0992 e. The van der Waals surface area contributed by atoms with Crippen LogP contribution in [0.4, 0.5) is 0 Å². The Hall–Kier alpha value is -2.34. The molecule has 2 fully saturated rings. The Kier molecular flexibility index (Phi) is 6.21. The van der Waals surface area contributed by atoms with Crippen LogP contribution < -0.4 is 0 Å². The number of allylic oxidation sites excluding steroid dienone is 3. The van der Waals surface area contributed by atoms with Crippen molar-refractivity contribution in [2.75, 3.05) is 0 Å². The molecule has 0 aliphatic heterocycles. The van der Waals surface area contributed by atoms with E-state index >= 15 is 0 Å². The SMILES string of the molecule is C=C1CCC(=C)C1CC1=Cc2cccc(-c3cc(C)c(C)c(C)c3CC3CCCCC3)c2C1. The van der Waals surface area contributed by atoms with Gasteiger partial charge in [-0.3, -0.25) is 0 Å². The predicted molar refractivity (Wildman–Crippen MR) is 144 cm³/mol. The van der Waals surface area contributed by atoms with E-state index in [0.29, 0.717) is 5.92 Å². The van der Waals surface area contributed by atoms with Gasteiger partial charge >= 0.3 is 0 Å². The van der Waals surface area contributed by atoms with Gasteiger partial charge < -0.3 is 0 Å². The van der Waals surface area contributed by atoms with E-state index in [9.17, 15) is 0 Å². The second kappa shape index (κ2) is 9.13. The summed E-state index contributed by atoms with van der Waals surface area (Å²) in [6.45, 7) is 15.7. The highest BCUT2D eigenvalue weighted by Crippen LogP contribution is 2.44. The molecule has 3 aliphatic carbocycles. The largest absolute Gasteiger partial charge is 0.0992 e. The Morgan fingerprint density at radius 1 is 0.848 bits per heavy atom. The lowest BCUT2D eigenvalue weighted by Crippen LogP contribution is -2.12. The zero-order valence-electron chi connectivity index (χ0n) is 21.0. The van der Waals surface area contributed by atoms with E-state index in [2.05, 4.69) is 64.3 Å². The molecule has 0 saturated heterocycles. The molecule has 0 radical (unpaired) electrons. The number of aryl methyl sites for hydroxylation is 1. The molecule has 0 aromatic heterocycles. The molecule has 0 nitrogen and oxygen atoms in total. The molecule has 2 saturated carbocycles. The van der Waals surface area contributed by atoms with Crippen LogP contribution in [0.2, 0.25) is 0 Å². The van der Waals surface area contributed by atoms with Gasteiger partial charge in [0.25, 0.3) is 0 Å². The van der Waals surface area contributed by atoms with Crippen LogP contribution in [0, 0.1) is 32.6 Å². The first-order valence-corrected chi connectivity index (χ1v) is 13.2. The van der Waals surface area contributed by atoms with Gasteiger partial charge in [-0.05, 0) is 103 Å². The number of hydrogen-bond acceptors (Lipinski definition) is 0. The molecule has 3 aliphatic rings. The molecular weight excluding hydrogens is 396 g/mol. The van der Waals surface area contributed by atoms with Gasteiger partial charge in [-0.2, -0.15) is 0 Å². The Morgan fingerprint density at radius 3 is 2.30 bits per heavy atom. The number of fused-ring (bicyclic) bond motifs is 1. The molecule has 172 valence electrons. The molecule has 5 rings (SSSR count). The van der Waals surface area contributed by atoms with Gasteiger partial charge in [-0.1, -0.05) is 92.3 Å². The third kappa shape index (κ3) is 4.30. The maximum absolute atomic E-state index is 4.35. The second-order valence-corrected chi connectivity index (χ2v) is 11.1. The monoisotopic (exact) mass is 436 g/mol. The third-order valence-electron chi connectivity index (χ3n) is 9.00. The standard InChI is InChI=1S/C33H40/c1-21-14-15-22(2)30(21)19-27-17-28-12-9-13-29(32(28)20-27)33-16-23(3)24(4)25(5)31(33)18-26-10-7-6-8-11-26/h9,12-13,16-17,26,30H,1-2,6-8,10-11,14-15,18-20H2,3-5H3. The highest BCUT2D eigenvalue weighted by atomic mass is 14.3. The summed E-state index contributed by atoms with van der Waals surface area (Å²) in [7, 11) is 0. The van der Waals surface area contributed by atoms with Crippen molar-refractivity contribution < 1.29 is 0 Å². The van der Waals surface area contributed by atoms with Crippen LogP contribution in [0.5, 0.6) is 0 Å². The van der Waals surface area contributed by atoms with Gasteiger partial charge in [-0.25, -0.2) is 0 Å². The van der Waals surface area contributed by atoms with Crippen LogP contribution in [-0.2, 0) is 12.8 Å². The van der Waals surface area contributed by atoms with Gasteiger partial charge in [0.05, 0.1) is 0 Å². The summed E-state index contributed by atoms with van der Waals surface area (Å²) in [6.07, 6.45) is 15.2. The lowest BCUT2D eigenvalue weighted by Gasteiger charge is -2.26. The van der Waals surface area contributed by atoms with Crippen LogP contribution in [0.25, 0.3) is 17.2 Å². The lowest BCUT2D eigenvalue weighted by molar-refractivity contribution is 0.356. The van der Waals surface area contributed by atoms with Crippen molar-refractivity contribution in [3.8, 4) is 11.1 Å². The van der Waals surface area contributed by atoms with Crippen LogP contribution in [0.1, 0.15) is 84.7 Å². The Balaban J connectivity index is 1.49. The van der Waals surface area contributed by atoms with E-state index in [1.165, 1.54) is 88.6 Å². The minimum atomic E-state index is 0.486. The first-order chi connectivity index (χ1) is 15.9. The second-order valence-electron chi connectivity index (χ2n) is 11.1. The van der Waals surface area contributed by atoms with Gasteiger partial charge in [0.15, 0.2) is 0 Å². The molecule has 0 unspecified atom stereocenters. The summed E-state index contributed by atoms with van der Waals surface area (Å²) in [6, 6.07) is 9.47. The maximum Gasteiger partial charge on any atom is 0.00392 e. The lowest BCUT2D eigenvalue weighted by atomic mass is 9.79. The molecule has 0 spiro atoms. The Morgan fingerprint density at radius 2 is 1.58 bits per heavy atom. The van der Waals surface area contributed by atoms with Gasteiger partial charge in [0.1, 0.15) is 0 Å². The zero-order valence-corrected chi connectivity index (χ0v) is 21.0. The molecule has 0 N–H and O–H groups in total. The molecular formula is C33H40. The number of hydrogen-bond donors (Lipinski definition) is 0. The molecule has 0 atom stereocenters. The normalized spacial score (nSPS) is 19.3. The van der Waals surface area contributed by atoms with Crippen molar-refractivity contribution >= 4 is 6.08 Å². The van der Waals surface area contributed by atoms with Crippen molar-refractivity contribution in [2.24, 2.45) is 11.8 Å². The van der Waals surface area contributed by atoms with Crippen molar-refractivity contribution in [3.63, 3.8) is 0 Å². The predicted octanol–water partition coefficient (Wildman–Crippen LogP) is 9.25. The maximum atomic E-state index is 4.35. The van der Waals surface area contributed by atoms with Crippen molar-refractivity contribution in [2.45, 2.75) is 85.0 Å². The van der Waals surface area contributed by atoms with Gasteiger partial charge in [0, 0.05) is 5.92 Å². The molecule has 2 aromatic rings. The van der Waals surface area contributed by atoms with Crippen molar-refractivity contribution in [3.05, 3.63) is 87.5 Å². The summed E-state index contributed by atoms with van der Waals surface area (Å²) >= 11 is 0. The molecule has 0 heterocycles. The van der Waals surface area contributed by atoms with Crippen molar-refractivity contribution in [1.82, 2.24) is 0 Å². The number of benzene rings is 2. The molecule has 2 aromatic carbocycles. The van der Waals surface area contributed by atoms with Crippen LogP contribution in [0.3, 0.4) is 0 Å². The summed E-state index contributed by atoms with van der Waals surface area (Å²) in [5.74, 6) is 1.34. The van der Waals surface area contributed by atoms with E-state index in [1.807, 2.05) is 0 Å². The average molecular weight is 437 g/mol. The van der Waals surface area contributed by atoms with Crippen LogP contribution in [0.15, 0.2) is 54.1 Å². The highest BCUT2D eigenvalue weighted by molar-refractivity contribution is 5.80. The van der Waals surface area contributed by atoms with Gasteiger partial charge in [-0.15, -0.1) is 0 Å². The fourth-order valence-electron chi connectivity index (χ4n) is 6.65. The fourth-order valence-corrected chi connectivity index (χ4v) is 6.65. The van der Waals surface area contributed by atoms with E-state index in [4.69, 9.17) is 0 Å². The van der Waals surface area contributed by atoms with E-state index in [-0.39, 0.29) is 0 Å². The molecule has 0 bridgehead atoms. The first-order valence-electron chi connectivity index (χ1n) is 13.2. The smallest absolute Gasteiger partial charge is 0.00392 e.